The van der Waals surface area contributed by atoms with E-state index in [9.17, 15) is 9.59 Å². The molecule has 0 aromatic rings. The molecule has 0 aliphatic carbocycles. The van der Waals surface area contributed by atoms with E-state index < -0.39 is 18.2 Å². The summed E-state index contributed by atoms with van der Waals surface area (Å²) >= 11 is 3.71. The van der Waals surface area contributed by atoms with Gasteiger partial charge in [0, 0.05) is 5.75 Å². The smallest absolute Gasteiger partial charge is 0.338 e. The monoisotopic (exact) mass is 223 g/mol. The third-order valence-corrected chi connectivity index (χ3v) is 1.28. The summed E-state index contributed by atoms with van der Waals surface area (Å²) in [4.78, 5) is 23.2. The third-order valence-electron chi connectivity index (χ3n) is 1.06. The second-order valence-corrected chi connectivity index (χ2v) is 2.67. The molecule has 0 saturated carbocycles. The molecule has 3 N–H and O–H groups in total. The van der Waals surface area contributed by atoms with E-state index in [-0.39, 0.29) is 12.2 Å². The summed E-state index contributed by atoms with van der Waals surface area (Å²) in [5, 5.41) is 25.7. The second kappa shape index (κ2) is 5.74. The van der Waals surface area contributed by atoms with Crippen molar-refractivity contribution in [2.45, 2.75) is 18.6 Å². The van der Waals surface area contributed by atoms with Crippen LogP contribution in [0, 0.1) is 0 Å². The number of rotatable bonds is 5. The molecule has 0 amide bonds. The van der Waals surface area contributed by atoms with E-state index in [4.69, 9.17) is 15.3 Å². The predicted molar refractivity (Wildman–Crippen MR) is 45.9 cm³/mol. The molecule has 0 radical (unpaired) electrons. The van der Waals surface area contributed by atoms with Gasteiger partial charge in [0.15, 0.2) is 0 Å². The van der Waals surface area contributed by atoms with Gasteiger partial charge in [-0.05, 0) is 0 Å². The zero-order valence-corrected chi connectivity index (χ0v) is 7.85. The van der Waals surface area contributed by atoms with Gasteiger partial charge in [0.2, 0.25) is 6.08 Å². The third kappa shape index (κ3) is 4.95. The number of carbonyl (C=O) groups is 1. The van der Waals surface area contributed by atoms with Crippen LogP contribution in [0.15, 0.2) is 4.99 Å². The molecule has 1 atom stereocenters. The molecular formula is C6H9NO6S. The minimum atomic E-state index is -3.40. The van der Waals surface area contributed by atoms with Crippen molar-refractivity contribution in [2.24, 2.45) is 4.99 Å². The number of thiol groups is 1. The van der Waals surface area contributed by atoms with Crippen molar-refractivity contribution in [3.8, 4) is 0 Å². The molecular weight excluding hydrogens is 214 g/mol. The molecule has 0 aliphatic rings. The number of aliphatic hydroxyl groups is 3. The first-order chi connectivity index (χ1) is 6.41. The highest BCUT2D eigenvalue weighted by Gasteiger charge is 2.35. The number of hydrogen-bond donors (Lipinski definition) is 4. The molecule has 0 aromatic carbocycles. The van der Waals surface area contributed by atoms with Crippen LogP contribution in [-0.2, 0) is 14.3 Å². The van der Waals surface area contributed by atoms with Gasteiger partial charge in [0.25, 0.3) is 6.23 Å². The van der Waals surface area contributed by atoms with Crippen LogP contribution < -0.4 is 0 Å². The van der Waals surface area contributed by atoms with Crippen molar-refractivity contribution >= 4 is 24.7 Å². The molecule has 0 saturated heterocycles. The van der Waals surface area contributed by atoms with Crippen LogP contribution in [0.3, 0.4) is 0 Å². The fraction of sp³-hybridized carbons (Fsp3) is 0.667. The quantitative estimate of drug-likeness (QED) is 0.143. The van der Waals surface area contributed by atoms with E-state index in [0.29, 0.717) is 0 Å². The van der Waals surface area contributed by atoms with Crippen LogP contribution in [0.25, 0.3) is 0 Å². The average Bonchev–Trinajstić information content (AvgIpc) is 2.02. The van der Waals surface area contributed by atoms with Gasteiger partial charge in [-0.1, -0.05) is 0 Å². The Kier molecular flexibility index (Phi) is 5.36. The maximum atomic E-state index is 10.8. The van der Waals surface area contributed by atoms with Crippen molar-refractivity contribution in [3.63, 3.8) is 0 Å². The van der Waals surface area contributed by atoms with Gasteiger partial charge in [-0.25, -0.2) is 4.79 Å². The first kappa shape index (κ1) is 13.1. The minimum Gasteiger partial charge on any atom is -0.430 e. The van der Waals surface area contributed by atoms with E-state index in [0.717, 1.165) is 6.08 Å². The number of esters is 1. The zero-order valence-electron chi connectivity index (χ0n) is 6.95. The number of ether oxygens (including phenoxy) is 1. The predicted octanol–water partition coefficient (Wildman–Crippen LogP) is -1.86. The van der Waals surface area contributed by atoms with E-state index >= 15 is 0 Å². The van der Waals surface area contributed by atoms with E-state index in [2.05, 4.69) is 22.4 Å². The molecule has 0 aliphatic heterocycles. The molecule has 1 unspecified atom stereocenters. The number of carbonyl (C=O) groups excluding carboxylic acids is 2. The molecule has 14 heavy (non-hydrogen) atoms. The van der Waals surface area contributed by atoms with Gasteiger partial charge in [-0.3, -0.25) is 4.79 Å². The molecule has 0 fully saturated rings. The Morgan fingerprint density at radius 1 is 1.57 bits per heavy atom. The standard InChI is InChI=1S/C6H9NO6S/c8-3-7-5(6(10,11)12)13-4(9)1-2-14/h5,10-12,14H,1-2H2. The van der Waals surface area contributed by atoms with Gasteiger partial charge in [0.1, 0.15) is 0 Å². The Balaban J connectivity index is 4.39. The largest absolute Gasteiger partial charge is 0.430 e. The number of isocyanates is 1. The molecule has 0 heterocycles. The van der Waals surface area contributed by atoms with Crippen molar-refractivity contribution in [1.82, 2.24) is 0 Å². The van der Waals surface area contributed by atoms with Gasteiger partial charge < -0.3 is 20.1 Å². The Hall–Kier alpha value is -0.920. The van der Waals surface area contributed by atoms with Crippen LogP contribution in [-0.4, -0.2) is 45.3 Å². The highest BCUT2D eigenvalue weighted by molar-refractivity contribution is 7.80. The fourth-order valence-corrected chi connectivity index (χ4v) is 0.697. The lowest BCUT2D eigenvalue weighted by atomic mass is 10.4. The topological polar surface area (TPSA) is 116 Å². The molecule has 0 aromatic heterocycles. The average molecular weight is 223 g/mol. The molecule has 8 heteroatoms. The van der Waals surface area contributed by atoms with Gasteiger partial charge in [-0.15, -0.1) is 0 Å². The van der Waals surface area contributed by atoms with Gasteiger partial charge in [-0.2, -0.15) is 17.6 Å². The summed E-state index contributed by atoms with van der Waals surface area (Å²) in [5.41, 5.74) is 0. The van der Waals surface area contributed by atoms with E-state index in [1.54, 1.807) is 0 Å². The van der Waals surface area contributed by atoms with E-state index in [1.165, 1.54) is 0 Å². The van der Waals surface area contributed by atoms with Crippen LogP contribution in [0.5, 0.6) is 0 Å². The van der Waals surface area contributed by atoms with Crippen LogP contribution in [0.2, 0.25) is 0 Å². The Bertz CT molecular complexity index is 243. The lowest BCUT2D eigenvalue weighted by Gasteiger charge is -2.20. The van der Waals surface area contributed by atoms with Gasteiger partial charge in [0.05, 0.1) is 6.42 Å². The Labute approximate surface area is 84.4 Å². The summed E-state index contributed by atoms with van der Waals surface area (Å²) in [7, 11) is 0. The number of nitrogens with zero attached hydrogens (tertiary/aromatic N) is 1. The van der Waals surface area contributed by atoms with Crippen molar-refractivity contribution in [1.29, 1.82) is 0 Å². The lowest BCUT2D eigenvalue weighted by molar-refractivity contribution is -0.354. The Morgan fingerprint density at radius 2 is 2.14 bits per heavy atom. The first-order valence-corrected chi connectivity index (χ1v) is 4.09. The Morgan fingerprint density at radius 3 is 2.50 bits per heavy atom. The van der Waals surface area contributed by atoms with Crippen LogP contribution >= 0.6 is 12.6 Å². The number of aliphatic imine (C=N–C) groups is 1. The summed E-state index contributed by atoms with van der Waals surface area (Å²) in [6.45, 7) is 0. The minimum absolute atomic E-state index is 0.121. The van der Waals surface area contributed by atoms with Crippen molar-refractivity contribution < 1.29 is 29.6 Å². The normalized spacial score (nSPS) is 12.9. The molecule has 80 valence electrons. The molecule has 0 bridgehead atoms. The van der Waals surface area contributed by atoms with Gasteiger partial charge >= 0.3 is 11.9 Å². The summed E-state index contributed by atoms with van der Waals surface area (Å²) in [5.74, 6) is -4.11. The maximum Gasteiger partial charge on any atom is 0.338 e. The van der Waals surface area contributed by atoms with Crippen LogP contribution in [0.4, 0.5) is 0 Å². The fourth-order valence-electron chi connectivity index (χ4n) is 0.515. The van der Waals surface area contributed by atoms with Crippen molar-refractivity contribution in [2.75, 3.05) is 5.75 Å². The second-order valence-electron chi connectivity index (χ2n) is 2.22. The molecule has 0 spiro atoms. The van der Waals surface area contributed by atoms with Crippen molar-refractivity contribution in [3.05, 3.63) is 0 Å². The summed E-state index contributed by atoms with van der Waals surface area (Å²) in [6, 6.07) is 0. The lowest BCUT2D eigenvalue weighted by Crippen LogP contribution is -2.43. The van der Waals surface area contributed by atoms with Crippen LogP contribution in [0.1, 0.15) is 6.42 Å². The maximum absolute atomic E-state index is 10.8. The number of hydrogen-bond acceptors (Lipinski definition) is 8. The molecule has 7 nitrogen and oxygen atoms in total. The SMILES string of the molecule is O=C=NC(OC(=O)CCS)C(O)(O)O. The summed E-state index contributed by atoms with van der Waals surface area (Å²) < 4.78 is 4.23. The summed E-state index contributed by atoms with van der Waals surface area (Å²) in [6.07, 6.45) is -1.30. The van der Waals surface area contributed by atoms with E-state index in [1.807, 2.05) is 0 Å². The first-order valence-electron chi connectivity index (χ1n) is 3.46. The zero-order chi connectivity index (χ0) is 11.2. The highest BCUT2D eigenvalue weighted by atomic mass is 32.1. The molecule has 0 rings (SSSR count). The highest BCUT2D eigenvalue weighted by Crippen LogP contribution is 2.09.